The molecule has 0 radical (unpaired) electrons. The van der Waals surface area contributed by atoms with Gasteiger partial charge in [-0.3, -0.25) is 9.59 Å². The van der Waals surface area contributed by atoms with E-state index in [1.807, 2.05) is 60.7 Å². The molecule has 2 heterocycles. The van der Waals surface area contributed by atoms with Crippen molar-refractivity contribution in [2.24, 2.45) is 0 Å². The molecule has 2 aliphatic rings. The number of esters is 1. The first-order valence-corrected chi connectivity index (χ1v) is 14.6. The summed E-state index contributed by atoms with van der Waals surface area (Å²) < 4.78 is 30.9. The predicted molar refractivity (Wildman–Crippen MR) is 150 cm³/mol. The van der Waals surface area contributed by atoms with Crippen molar-refractivity contribution in [3.63, 3.8) is 0 Å². The molecule has 2 aromatic carbocycles. The van der Waals surface area contributed by atoms with Crippen molar-refractivity contribution in [3.05, 3.63) is 71.8 Å². The lowest BCUT2D eigenvalue weighted by Crippen LogP contribution is -2.67. The highest BCUT2D eigenvalue weighted by molar-refractivity contribution is 5.73. The zero-order valence-electron chi connectivity index (χ0n) is 23.7. The Labute approximate surface area is 237 Å². The van der Waals surface area contributed by atoms with Crippen molar-refractivity contribution < 1.29 is 33.3 Å². The van der Waals surface area contributed by atoms with Gasteiger partial charge in [-0.25, -0.2) is 0 Å². The van der Waals surface area contributed by atoms with Gasteiger partial charge >= 0.3 is 5.97 Å². The Morgan fingerprint density at radius 2 is 1.57 bits per heavy atom. The summed E-state index contributed by atoms with van der Waals surface area (Å²) in [6, 6.07) is 18.6. The van der Waals surface area contributed by atoms with Gasteiger partial charge in [-0.05, 0) is 12.0 Å². The van der Waals surface area contributed by atoms with Crippen molar-refractivity contribution in [3.8, 4) is 0 Å². The minimum atomic E-state index is -0.859. The maximum absolute atomic E-state index is 13.1. The number of ether oxygens (including phenoxy) is 5. The van der Waals surface area contributed by atoms with Crippen LogP contribution in [0.3, 0.4) is 0 Å². The highest BCUT2D eigenvalue weighted by atomic mass is 16.8. The van der Waals surface area contributed by atoms with Gasteiger partial charge in [0, 0.05) is 18.9 Å². The largest absolute Gasteiger partial charge is 0.457 e. The van der Waals surface area contributed by atoms with Crippen molar-refractivity contribution in [2.45, 2.75) is 109 Å². The lowest BCUT2D eigenvalue weighted by Gasteiger charge is -2.48. The van der Waals surface area contributed by atoms with Crippen LogP contribution >= 0.6 is 0 Å². The van der Waals surface area contributed by atoms with E-state index in [1.165, 1.54) is 32.6 Å². The molecule has 2 aromatic rings. The Bertz CT molecular complexity index is 1030. The molecule has 0 aromatic heterocycles. The van der Waals surface area contributed by atoms with Crippen molar-refractivity contribution in [1.82, 2.24) is 5.32 Å². The van der Waals surface area contributed by atoms with Gasteiger partial charge in [0.2, 0.25) is 5.91 Å². The molecule has 0 saturated carbocycles. The fourth-order valence-corrected chi connectivity index (χ4v) is 5.21. The first-order chi connectivity index (χ1) is 19.5. The molecular weight excluding hydrogens is 510 g/mol. The zero-order chi connectivity index (χ0) is 28.2. The molecule has 6 atom stereocenters. The van der Waals surface area contributed by atoms with E-state index in [0.717, 1.165) is 30.4 Å². The third-order valence-electron chi connectivity index (χ3n) is 7.29. The summed E-state index contributed by atoms with van der Waals surface area (Å²) in [4.78, 5) is 25.4. The average Bonchev–Trinajstić information content (AvgIpc) is 2.97. The van der Waals surface area contributed by atoms with Crippen LogP contribution in [0.2, 0.25) is 0 Å². The summed E-state index contributed by atoms with van der Waals surface area (Å²) in [5.41, 5.74) is 1.81. The fraction of sp³-hybridized carbons (Fsp3) is 0.562. The van der Waals surface area contributed by atoms with Gasteiger partial charge < -0.3 is 29.0 Å². The zero-order valence-corrected chi connectivity index (χ0v) is 23.7. The van der Waals surface area contributed by atoms with E-state index in [4.69, 9.17) is 23.7 Å². The molecular formula is C32H43NO7. The molecule has 1 amide bonds. The number of hydrogen-bond donors (Lipinski definition) is 1. The Morgan fingerprint density at radius 1 is 0.900 bits per heavy atom. The topological polar surface area (TPSA) is 92.3 Å². The van der Waals surface area contributed by atoms with Crippen LogP contribution in [0.25, 0.3) is 0 Å². The smallest absolute Gasteiger partial charge is 0.306 e. The molecule has 40 heavy (non-hydrogen) atoms. The van der Waals surface area contributed by atoms with E-state index < -0.39 is 36.9 Å². The normalized spacial score (nSPS) is 26.1. The number of hydrogen-bond acceptors (Lipinski definition) is 7. The van der Waals surface area contributed by atoms with Gasteiger partial charge in [-0.1, -0.05) is 106 Å². The molecule has 8 heteroatoms. The summed E-state index contributed by atoms with van der Waals surface area (Å²) >= 11 is 0. The van der Waals surface area contributed by atoms with Crippen LogP contribution in [0.15, 0.2) is 60.7 Å². The van der Waals surface area contributed by atoms with E-state index in [9.17, 15) is 9.59 Å². The predicted octanol–water partition coefficient (Wildman–Crippen LogP) is 5.60. The first kappa shape index (κ1) is 30.2. The van der Waals surface area contributed by atoms with Crippen LogP contribution in [0.5, 0.6) is 0 Å². The highest BCUT2D eigenvalue weighted by Crippen LogP contribution is 2.36. The second kappa shape index (κ2) is 15.9. The number of fused-ring (bicyclic) bond motifs is 1. The number of benzene rings is 2. The Kier molecular flexibility index (Phi) is 12.0. The molecule has 0 bridgehead atoms. The summed E-state index contributed by atoms with van der Waals surface area (Å²) in [6.07, 6.45) is 4.55. The summed E-state index contributed by atoms with van der Waals surface area (Å²) in [5, 5.41) is 2.92. The van der Waals surface area contributed by atoms with E-state index in [-0.39, 0.29) is 25.1 Å². The summed E-state index contributed by atoms with van der Waals surface area (Å²) in [5.74, 6) is -0.595. The van der Waals surface area contributed by atoms with E-state index in [0.29, 0.717) is 6.42 Å². The Hall–Kier alpha value is -2.78. The molecule has 4 rings (SSSR count). The molecule has 0 spiro atoms. The van der Waals surface area contributed by atoms with Crippen LogP contribution in [0.4, 0.5) is 0 Å². The van der Waals surface area contributed by atoms with E-state index in [1.54, 1.807) is 0 Å². The second-order valence-electron chi connectivity index (χ2n) is 10.6. The maximum atomic E-state index is 13.1. The van der Waals surface area contributed by atoms with Crippen molar-refractivity contribution >= 4 is 11.9 Å². The molecule has 218 valence electrons. The quantitative estimate of drug-likeness (QED) is 0.241. The third-order valence-corrected chi connectivity index (χ3v) is 7.29. The van der Waals surface area contributed by atoms with Gasteiger partial charge in [0.15, 0.2) is 18.7 Å². The van der Waals surface area contributed by atoms with E-state index in [2.05, 4.69) is 12.2 Å². The van der Waals surface area contributed by atoms with Crippen molar-refractivity contribution in [2.75, 3.05) is 6.61 Å². The number of carbonyl (C=O) groups is 2. The minimum Gasteiger partial charge on any atom is -0.457 e. The molecule has 0 unspecified atom stereocenters. The van der Waals surface area contributed by atoms with Gasteiger partial charge in [-0.15, -0.1) is 0 Å². The molecule has 0 aliphatic carbocycles. The average molecular weight is 554 g/mol. The number of nitrogens with one attached hydrogen (secondary N) is 1. The molecule has 2 fully saturated rings. The van der Waals surface area contributed by atoms with Crippen molar-refractivity contribution in [1.29, 1.82) is 0 Å². The number of unbranched alkanes of at least 4 members (excludes halogenated alkanes) is 6. The van der Waals surface area contributed by atoms with Crippen LogP contribution < -0.4 is 5.32 Å². The fourth-order valence-electron chi connectivity index (χ4n) is 5.21. The lowest BCUT2D eigenvalue weighted by molar-refractivity contribution is -0.346. The Balaban J connectivity index is 1.47. The highest BCUT2D eigenvalue weighted by Gasteiger charge is 2.52. The monoisotopic (exact) mass is 553 g/mol. The van der Waals surface area contributed by atoms with Crippen LogP contribution in [-0.4, -0.2) is 49.1 Å². The maximum Gasteiger partial charge on any atom is 0.306 e. The van der Waals surface area contributed by atoms with Crippen LogP contribution in [-0.2, 0) is 39.9 Å². The SMILES string of the molecule is CCCCCCCCCC(=O)O[C@H]1[C@H](NC(C)=O)[C@H](OCc2ccccc2)O[C@@H]2CO[C@@H](c3ccccc3)O[C@@H]12. The van der Waals surface area contributed by atoms with Gasteiger partial charge in [0.1, 0.15) is 18.2 Å². The van der Waals surface area contributed by atoms with E-state index >= 15 is 0 Å². The molecule has 2 aliphatic heterocycles. The molecule has 2 saturated heterocycles. The van der Waals surface area contributed by atoms with Gasteiger partial charge in [0.25, 0.3) is 0 Å². The molecule has 1 N–H and O–H groups in total. The van der Waals surface area contributed by atoms with Crippen LogP contribution in [0.1, 0.15) is 82.6 Å². The van der Waals surface area contributed by atoms with Gasteiger partial charge in [-0.2, -0.15) is 0 Å². The number of carbonyl (C=O) groups excluding carboxylic acids is 2. The second-order valence-corrected chi connectivity index (χ2v) is 10.6. The standard InChI is InChI=1S/C32H43NO7/c1-3-4-5-6-7-8-15-20-27(35)39-30-28(33-23(2)34)32(36-21-24-16-11-9-12-17-24)38-26-22-37-31(40-29(26)30)25-18-13-10-14-19-25/h9-14,16-19,26,28-32H,3-8,15,20-22H2,1-2H3,(H,33,34)/t26-,28+,29-,30+,31-,32-/m1/s1. The minimum absolute atomic E-state index is 0.230. The van der Waals surface area contributed by atoms with Crippen LogP contribution in [0, 0.1) is 0 Å². The number of amides is 1. The third kappa shape index (κ3) is 8.86. The number of rotatable bonds is 14. The van der Waals surface area contributed by atoms with Gasteiger partial charge in [0.05, 0.1) is 13.2 Å². The lowest BCUT2D eigenvalue weighted by atomic mass is 9.95. The summed E-state index contributed by atoms with van der Waals surface area (Å²) in [7, 11) is 0. The summed E-state index contributed by atoms with van der Waals surface area (Å²) in [6.45, 7) is 4.13. The molecule has 8 nitrogen and oxygen atoms in total. The Morgan fingerprint density at radius 3 is 2.27 bits per heavy atom. The first-order valence-electron chi connectivity index (χ1n) is 14.6.